The van der Waals surface area contributed by atoms with Gasteiger partial charge in [-0.25, -0.2) is 0 Å². The van der Waals surface area contributed by atoms with Gasteiger partial charge in [0, 0.05) is 0 Å². The van der Waals surface area contributed by atoms with Crippen LogP contribution in [0.2, 0.25) is 0 Å². The first-order valence-electron chi connectivity index (χ1n) is 9.05. The van der Waals surface area contributed by atoms with Gasteiger partial charge in [0.15, 0.2) is 0 Å². The second kappa shape index (κ2) is 9.37. The highest BCUT2D eigenvalue weighted by atomic mass is 16.3. The molecule has 0 aliphatic carbocycles. The number of carbonyl (C=O) groups is 2. The van der Waals surface area contributed by atoms with Gasteiger partial charge in [0.25, 0.3) is 0 Å². The van der Waals surface area contributed by atoms with Crippen LogP contribution in [0.1, 0.15) is 22.9 Å². The summed E-state index contributed by atoms with van der Waals surface area (Å²) in [6, 6.07) is 25.2. The number of hydrogen-bond acceptors (Lipinski definition) is 3. The van der Waals surface area contributed by atoms with Gasteiger partial charge in [-0.2, -0.15) is 0 Å². The van der Waals surface area contributed by atoms with E-state index in [-0.39, 0.29) is 30.4 Å². The Hall–Kier alpha value is -3.60. The van der Waals surface area contributed by atoms with Crippen LogP contribution in [0.25, 0.3) is 0 Å². The largest absolute Gasteiger partial charge is 0.508 e. The first-order valence-corrected chi connectivity index (χ1v) is 9.05. The van der Waals surface area contributed by atoms with Crippen molar-refractivity contribution in [3.8, 4) is 5.75 Å². The van der Waals surface area contributed by atoms with Crippen LogP contribution in [0.5, 0.6) is 5.75 Å². The number of benzene rings is 3. The molecule has 0 saturated heterocycles. The Balaban J connectivity index is 1.70. The lowest BCUT2D eigenvalue weighted by molar-refractivity contribution is -0.123. The van der Waals surface area contributed by atoms with Gasteiger partial charge in [-0.05, 0) is 28.8 Å². The zero-order valence-electron chi connectivity index (χ0n) is 15.3. The van der Waals surface area contributed by atoms with Crippen LogP contribution in [0, 0.1) is 0 Å². The zero-order chi connectivity index (χ0) is 19.8. The van der Waals surface area contributed by atoms with Crippen LogP contribution >= 0.6 is 0 Å². The van der Waals surface area contributed by atoms with Gasteiger partial charge in [0.2, 0.25) is 11.8 Å². The maximum absolute atomic E-state index is 12.5. The molecule has 0 heterocycles. The van der Waals surface area contributed by atoms with Crippen LogP contribution in [0.4, 0.5) is 0 Å². The second-order valence-electron chi connectivity index (χ2n) is 6.48. The summed E-state index contributed by atoms with van der Waals surface area (Å²) in [4.78, 5) is 25.0. The predicted molar refractivity (Wildman–Crippen MR) is 107 cm³/mol. The highest BCUT2D eigenvalue weighted by molar-refractivity contribution is 5.82. The SMILES string of the molecule is O=C(Cc1ccccc1)NC(NC(=O)Cc1ccccc1)c1ccc(O)cc1. The summed E-state index contributed by atoms with van der Waals surface area (Å²) in [5, 5.41) is 15.2. The Kier molecular flexibility index (Phi) is 6.41. The van der Waals surface area contributed by atoms with Crippen molar-refractivity contribution in [3.05, 3.63) is 102 Å². The Morgan fingerprint density at radius 2 is 1.11 bits per heavy atom. The van der Waals surface area contributed by atoms with Crippen molar-refractivity contribution in [2.75, 3.05) is 0 Å². The monoisotopic (exact) mass is 374 g/mol. The first-order chi connectivity index (χ1) is 13.6. The van der Waals surface area contributed by atoms with Crippen molar-refractivity contribution in [1.29, 1.82) is 0 Å². The molecule has 0 aliphatic rings. The van der Waals surface area contributed by atoms with E-state index in [1.807, 2.05) is 60.7 Å². The molecule has 0 aliphatic heterocycles. The van der Waals surface area contributed by atoms with Crippen LogP contribution < -0.4 is 10.6 Å². The number of rotatable bonds is 7. The van der Waals surface area contributed by atoms with Gasteiger partial charge < -0.3 is 15.7 Å². The molecule has 28 heavy (non-hydrogen) atoms. The minimum Gasteiger partial charge on any atom is -0.508 e. The molecule has 0 aromatic heterocycles. The molecule has 5 nitrogen and oxygen atoms in total. The lowest BCUT2D eigenvalue weighted by Gasteiger charge is -2.21. The minimum atomic E-state index is -0.687. The van der Waals surface area contributed by atoms with E-state index < -0.39 is 6.17 Å². The van der Waals surface area contributed by atoms with Crippen molar-refractivity contribution in [1.82, 2.24) is 10.6 Å². The van der Waals surface area contributed by atoms with E-state index in [1.165, 1.54) is 12.1 Å². The molecular weight excluding hydrogens is 352 g/mol. The van der Waals surface area contributed by atoms with Crippen molar-refractivity contribution >= 4 is 11.8 Å². The number of hydrogen-bond donors (Lipinski definition) is 3. The van der Waals surface area contributed by atoms with E-state index >= 15 is 0 Å². The fourth-order valence-electron chi connectivity index (χ4n) is 2.86. The fourth-order valence-corrected chi connectivity index (χ4v) is 2.86. The molecule has 0 fully saturated rings. The maximum Gasteiger partial charge on any atom is 0.226 e. The van der Waals surface area contributed by atoms with E-state index in [9.17, 15) is 14.7 Å². The molecule has 5 heteroatoms. The molecule has 3 aromatic carbocycles. The van der Waals surface area contributed by atoms with E-state index in [1.54, 1.807) is 12.1 Å². The molecule has 2 amide bonds. The van der Waals surface area contributed by atoms with Gasteiger partial charge in [-0.1, -0.05) is 72.8 Å². The number of phenols is 1. The number of carbonyl (C=O) groups excluding carboxylic acids is 2. The molecule has 3 rings (SSSR count). The van der Waals surface area contributed by atoms with E-state index in [2.05, 4.69) is 10.6 Å². The third-order valence-electron chi connectivity index (χ3n) is 4.25. The number of nitrogens with one attached hydrogen (secondary N) is 2. The third-order valence-corrected chi connectivity index (χ3v) is 4.25. The molecule has 0 radical (unpaired) electrons. The summed E-state index contributed by atoms with van der Waals surface area (Å²) in [6.45, 7) is 0. The van der Waals surface area contributed by atoms with Gasteiger partial charge in [-0.15, -0.1) is 0 Å². The van der Waals surface area contributed by atoms with E-state index in [0.29, 0.717) is 5.56 Å². The Bertz CT molecular complexity index is 854. The molecule has 0 unspecified atom stereocenters. The number of phenolic OH excluding ortho intramolecular Hbond substituents is 1. The fraction of sp³-hybridized carbons (Fsp3) is 0.130. The van der Waals surface area contributed by atoms with Crippen LogP contribution in [-0.4, -0.2) is 16.9 Å². The van der Waals surface area contributed by atoms with Gasteiger partial charge >= 0.3 is 0 Å². The molecule has 3 N–H and O–H groups in total. The maximum atomic E-state index is 12.5. The number of aromatic hydroxyl groups is 1. The Morgan fingerprint density at radius 1 is 0.679 bits per heavy atom. The molecule has 0 spiro atoms. The quantitative estimate of drug-likeness (QED) is 0.556. The summed E-state index contributed by atoms with van der Waals surface area (Å²) in [7, 11) is 0. The van der Waals surface area contributed by atoms with Crippen molar-refractivity contribution in [2.45, 2.75) is 19.0 Å². The lowest BCUT2D eigenvalue weighted by Crippen LogP contribution is -2.42. The zero-order valence-corrected chi connectivity index (χ0v) is 15.3. The average molecular weight is 374 g/mol. The summed E-state index contributed by atoms with van der Waals surface area (Å²) in [6.07, 6.45) is -0.262. The summed E-state index contributed by atoms with van der Waals surface area (Å²) >= 11 is 0. The Morgan fingerprint density at radius 3 is 1.54 bits per heavy atom. The van der Waals surface area contributed by atoms with Crippen LogP contribution in [0.3, 0.4) is 0 Å². The summed E-state index contributed by atoms with van der Waals surface area (Å²) < 4.78 is 0. The minimum absolute atomic E-state index is 0.119. The lowest BCUT2D eigenvalue weighted by atomic mass is 10.1. The Labute approximate surface area is 164 Å². The van der Waals surface area contributed by atoms with Crippen molar-refractivity contribution < 1.29 is 14.7 Å². The van der Waals surface area contributed by atoms with E-state index in [4.69, 9.17) is 0 Å². The average Bonchev–Trinajstić information content (AvgIpc) is 2.69. The number of amides is 2. The highest BCUT2D eigenvalue weighted by Crippen LogP contribution is 2.16. The summed E-state index contributed by atoms with van der Waals surface area (Å²) in [5.41, 5.74) is 2.46. The van der Waals surface area contributed by atoms with Gasteiger partial charge in [-0.3, -0.25) is 9.59 Å². The molecule has 0 atom stereocenters. The van der Waals surface area contributed by atoms with Gasteiger partial charge in [0.05, 0.1) is 12.8 Å². The van der Waals surface area contributed by atoms with Crippen LogP contribution in [0.15, 0.2) is 84.9 Å². The molecule has 0 bridgehead atoms. The smallest absolute Gasteiger partial charge is 0.226 e. The van der Waals surface area contributed by atoms with Crippen molar-refractivity contribution in [3.63, 3.8) is 0 Å². The standard InChI is InChI=1S/C23H22N2O3/c26-20-13-11-19(12-14-20)23(24-21(27)15-17-7-3-1-4-8-17)25-22(28)16-18-9-5-2-6-10-18/h1-14,23,26H,15-16H2,(H,24,27)(H,25,28). The van der Waals surface area contributed by atoms with E-state index in [0.717, 1.165) is 11.1 Å². The third kappa shape index (κ3) is 5.71. The molecule has 3 aromatic rings. The predicted octanol–water partition coefficient (Wildman–Crippen LogP) is 3.11. The molecular formula is C23H22N2O3. The second-order valence-corrected chi connectivity index (χ2v) is 6.48. The molecule has 142 valence electrons. The topological polar surface area (TPSA) is 78.4 Å². The van der Waals surface area contributed by atoms with Crippen LogP contribution in [-0.2, 0) is 22.4 Å². The summed E-state index contributed by atoms with van der Waals surface area (Å²) in [5.74, 6) is -0.290. The first kappa shape index (κ1) is 19.2. The van der Waals surface area contributed by atoms with Gasteiger partial charge in [0.1, 0.15) is 11.9 Å². The highest BCUT2D eigenvalue weighted by Gasteiger charge is 2.17. The normalized spacial score (nSPS) is 10.5. The van der Waals surface area contributed by atoms with Crippen molar-refractivity contribution in [2.24, 2.45) is 0 Å². The molecule has 0 saturated carbocycles.